The molecule has 4 nitrogen and oxygen atoms in total. The number of rotatable bonds is 2. The van der Waals surface area contributed by atoms with E-state index in [1.165, 1.54) is 4.57 Å². The summed E-state index contributed by atoms with van der Waals surface area (Å²) in [5.41, 5.74) is 2.23. The van der Waals surface area contributed by atoms with Gasteiger partial charge in [-0.25, -0.2) is 4.79 Å². The van der Waals surface area contributed by atoms with E-state index >= 15 is 0 Å². The Hall–Kier alpha value is -2.36. The van der Waals surface area contributed by atoms with Gasteiger partial charge < -0.3 is 4.74 Å². The van der Waals surface area contributed by atoms with E-state index < -0.39 is 5.60 Å². The van der Waals surface area contributed by atoms with Crippen LogP contribution in [0.2, 0.25) is 0 Å². The number of carbonyl (C=O) groups excluding carboxylic acids is 1. The summed E-state index contributed by atoms with van der Waals surface area (Å²) in [4.78, 5) is 16.3. The molecule has 0 N–H and O–H groups in total. The van der Waals surface area contributed by atoms with Crippen molar-refractivity contribution in [2.45, 2.75) is 33.3 Å². The van der Waals surface area contributed by atoms with E-state index in [4.69, 9.17) is 4.74 Å². The van der Waals surface area contributed by atoms with E-state index in [0.717, 1.165) is 16.8 Å². The predicted molar refractivity (Wildman–Crippen MR) is 84.0 cm³/mol. The molecule has 0 unspecified atom stereocenters. The van der Waals surface area contributed by atoms with Crippen LogP contribution in [0.5, 0.6) is 0 Å². The molecule has 21 heavy (non-hydrogen) atoms. The van der Waals surface area contributed by atoms with Gasteiger partial charge >= 0.3 is 6.09 Å². The van der Waals surface area contributed by atoms with Crippen LogP contribution >= 0.6 is 0 Å². The Balaban J connectivity index is 2.41. The Morgan fingerprint density at radius 3 is 2.48 bits per heavy atom. The van der Waals surface area contributed by atoms with Crippen molar-refractivity contribution in [1.29, 1.82) is 0 Å². The molecule has 0 bridgehead atoms. The fourth-order valence-electron chi connectivity index (χ4n) is 1.95. The maximum Gasteiger partial charge on any atom is 0.418 e. The fraction of sp³-hybridized carbons (Fsp3) is 0.294. The molecule has 0 aliphatic heterocycles. The first-order chi connectivity index (χ1) is 9.90. The van der Waals surface area contributed by atoms with Crippen LogP contribution in [0.3, 0.4) is 0 Å². The number of nitrogens with zero attached hydrogens (tertiary/aromatic N) is 2. The van der Waals surface area contributed by atoms with Crippen molar-refractivity contribution in [2.24, 2.45) is 0 Å². The van der Waals surface area contributed by atoms with Crippen molar-refractivity contribution in [1.82, 2.24) is 9.55 Å². The molecule has 4 heteroatoms. The Bertz CT molecular complexity index is 649. The molecular weight excluding hydrogens is 264 g/mol. The first-order valence-corrected chi connectivity index (χ1v) is 6.89. The summed E-state index contributed by atoms with van der Waals surface area (Å²) in [5.74, 6) is 0. The van der Waals surface area contributed by atoms with Gasteiger partial charge in [0.2, 0.25) is 0 Å². The Labute approximate surface area is 125 Å². The summed E-state index contributed by atoms with van der Waals surface area (Å²) < 4.78 is 6.97. The highest BCUT2D eigenvalue weighted by atomic mass is 16.6. The summed E-state index contributed by atoms with van der Waals surface area (Å²) in [7, 11) is 0. The molecule has 2 heterocycles. The second-order valence-electron chi connectivity index (χ2n) is 5.74. The van der Waals surface area contributed by atoms with Gasteiger partial charge in [0.25, 0.3) is 0 Å². The van der Waals surface area contributed by atoms with E-state index in [2.05, 4.69) is 4.98 Å². The van der Waals surface area contributed by atoms with Crippen molar-refractivity contribution in [3.63, 3.8) is 0 Å². The largest absolute Gasteiger partial charge is 0.443 e. The highest BCUT2D eigenvalue weighted by Gasteiger charge is 2.20. The Morgan fingerprint density at radius 2 is 1.90 bits per heavy atom. The fourth-order valence-corrected chi connectivity index (χ4v) is 1.95. The average Bonchev–Trinajstić information content (AvgIpc) is 2.82. The van der Waals surface area contributed by atoms with E-state index in [1.54, 1.807) is 18.6 Å². The van der Waals surface area contributed by atoms with Crippen molar-refractivity contribution < 1.29 is 9.53 Å². The highest BCUT2D eigenvalue weighted by Crippen LogP contribution is 2.23. The van der Waals surface area contributed by atoms with Crippen LogP contribution in [-0.2, 0) is 4.74 Å². The molecule has 0 aromatic carbocycles. The molecule has 110 valence electrons. The molecule has 2 aromatic heterocycles. The summed E-state index contributed by atoms with van der Waals surface area (Å²) >= 11 is 0. The van der Waals surface area contributed by atoms with Gasteiger partial charge in [0.05, 0.1) is 5.69 Å². The normalized spacial score (nSPS) is 11.8. The van der Waals surface area contributed by atoms with Gasteiger partial charge in [-0.15, -0.1) is 0 Å². The molecule has 0 spiro atoms. The number of allylic oxidation sites excluding steroid dienone is 1. The smallest absolute Gasteiger partial charge is 0.418 e. The van der Waals surface area contributed by atoms with Gasteiger partial charge in [0.1, 0.15) is 5.60 Å². The molecule has 0 saturated carbocycles. The third kappa shape index (κ3) is 3.81. The number of ether oxygens (including phenoxy) is 1. The number of aromatic nitrogens is 2. The predicted octanol–water partition coefficient (Wildman–Crippen LogP) is 4.37. The van der Waals surface area contributed by atoms with E-state index in [-0.39, 0.29) is 6.09 Å². The van der Waals surface area contributed by atoms with Crippen LogP contribution in [-0.4, -0.2) is 21.2 Å². The van der Waals surface area contributed by atoms with Gasteiger partial charge in [-0.05, 0) is 57.5 Å². The first kappa shape index (κ1) is 15.0. The number of carbonyl (C=O) groups is 1. The third-order valence-electron chi connectivity index (χ3n) is 2.79. The topological polar surface area (TPSA) is 44.1 Å². The van der Waals surface area contributed by atoms with Gasteiger partial charge in [0.15, 0.2) is 0 Å². The SMILES string of the molecule is C/C=C/c1cc(-c2ccncc2)cn1C(=O)OC(C)(C)C. The summed E-state index contributed by atoms with van der Waals surface area (Å²) in [5, 5.41) is 0. The van der Waals surface area contributed by atoms with Crippen LogP contribution in [0.25, 0.3) is 17.2 Å². The lowest BCUT2D eigenvalue weighted by atomic mass is 10.1. The van der Waals surface area contributed by atoms with Gasteiger partial charge in [-0.1, -0.05) is 6.08 Å². The molecule has 0 atom stereocenters. The molecule has 0 aliphatic carbocycles. The number of pyridine rings is 1. The van der Waals surface area contributed by atoms with E-state index in [0.29, 0.717) is 0 Å². The summed E-state index contributed by atoms with van der Waals surface area (Å²) in [6, 6.07) is 5.78. The Kier molecular flexibility index (Phi) is 4.26. The lowest BCUT2D eigenvalue weighted by molar-refractivity contribution is 0.0536. The van der Waals surface area contributed by atoms with Crippen molar-refractivity contribution in [3.05, 3.63) is 48.6 Å². The van der Waals surface area contributed by atoms with Crippen molar-refractivity contribution >= 4 is 12.2 Å². The first-order valence-electron chi connectivity index (χ1n) is 6.89. The van der Waals surface area contributed by atoms with Crippen LogP contribution in [0.4, 0.5) is 4.79 Å². The van der Waals surface area contributed by atoms with Gasteiger partial charge in [0, 0.05) is 24.2 Å². The van der Waals surface area contributed by atoms with Crippen LogP contribution in [0.1, 0.15) is 33.4 Å². The average molecular weight is 284 g/mol. The highest BCUT2D eigenvalue weighted by molar-refractivity contribution is 5.79. The zero-order valence-corrected chi connectivity index (χ0v) is 12.8. The maximum absolute atomic E-state index is 12.3. The molecule has 2 aromatic rings. The van der Waals surface area contributed by atoms with E-state index in [1.807, 2.05) is 58.0 Å². The molecule has 0 fully saturated rings. The second-order valence-corrected chi connectivity index (χ2v) is 5.74. The lowest BCUT2D eigenvalue weighted by Crippen LogP contribution is -2.27. The van der Waals surface area contributed by atoms with Crippen LogP contribution < -0.4 is 0 Å². The monoisotopic (exact) mass is 284 g/mol. The minimum atomic E-state index is -0.522. The minimum Gasteiger partial charge on any atom is -0.443 e. The minimum absolute atomic E-state index is 0.379. The summed E-state index contributed by atoms with van der Waals surface area (Å²) in [6.45, 7) is 7.48. The van der Waals surface area contributed by atoms with Crippen LogP contribution in [0, 0.1) is 0 Å². The lowest BCUT2D eigenvalue weighted by Gasteiger charge is -2.20. The molecule has 2 rings (SSSR count). The third-order valence-corrected chi connectivity index (χ3v) is 2.79. The molecule has 0 saturated heterocycles. The quantitative estimate of drug-likeness (QED) is 0.822. The zero-order chi connectivity index (χ0) is 15.5. The molecule has 0 amide bonds. The molecule has 0 aliphatic rings. The Morgan fingerprint density at radius 1 is 1.24 bits per heavy atom. The number of hydrogen-bond donors (Lipinski definition) is 0. The van der Waals surface area contributed by atoms with Crippen molar-refractivity contribution in [2.75, 3.05) is 0 Å². The summed E-state index contributed by atoms with van der Waals surface area (Å²) in [6.07, 6.45) is 8.65. The second kappa shape index (κ2) is 5.95. The molecular formula is C17H20N2O2. The van der Waals surface area contributed by atoms with Gasteiger partial charge in [-0.3, -0.25) is 9.55 Å². The number of hydrogen-bond acceptors (Lipinski definition) is 3. The van der Waals surface area contributed by atoms with E-state index in [9.17, 15) is 4.79 Å². The molecule has 0 radical (unpaired) electrons. The zero-order valence-electron chi connectivity index (χ0n) is 12.8. The van der Waals surface area contributed by atoms with Crippen LogP contribution in [0.15, 0.2) is 42.9 Å². The standard InChI is InChI=1S/C17H20N2O2/c1-5-6-15-11-14(13-7-9-18-10-8-13)12-19(15)16(20)21-17(2,3)4/h5-12H,1-4H3/b6-5+. The van der Waals surface area contributed by atoms with Crippen molar-refractivity contribution in [3.8, 4) is 11.1 Å². The van der Waals surface area contributed by atoms with Gasteiger partial charge in [-0.2, -0.15) is 0 Å². The maximum atomic E-state index is 12.3.